The van der Waals surface area contributed by atoms with Gasteiger partial charge in [-0.1, -0.05) is 17.7 Å². The number of likely N-dealkylation sites (tertiary alicyclic amines) is 1. The predicted octanol–water partition coefficient (Wildman–Crippen LogP) is 5.38. The fourth-order valence-electron chi connectivity index (χ4n) is 4.89. The smallest absolute Gasteiger partial charge is 0.283 e. The predicted molar refractivity (Wildman–Crippen MR) is 137 cm³/mol. The Labute approximate surface area is 214 Å². The van der Waals surface area contributed by atoms with E-state index >= 15 is 0 Å². The summed E-state index contributed by atoms with van der Waals surface area (Å²) >= 11 is 6.37. The van der Waals surface area contributed by atoms with E-state index in [-0.39, 0.29) is 6.61 Å². The largest absolute Gasteiger partial charge is 0.495 e. The van der Waals surface area contributed by atoms with Gasteiger partial charge < -0.3 is 28.3 Å². The normalized spacial score (nSPS) is 15.9. The van der Waals surface area contributed by atoms with E-state index in [4.69, 9.17) is 29.9 Å². The van der Waals surface area contributed by atoms with E-state index in [0.29, 0.717) is 52.1 Å². The van der Waals surface area contributed by atoms with Crippen LogP contribution in [0.15, 0.2) is 45.2 Å². The van der Waals surface area contributed by atoms with Crippen molar-refractivity contribution >= 4 is 22.6 Å². The van der Waals surface area contributed by atoms with E-state index in [9.17, 15) is 5.11 Å². The minimum Gasteiger partial charge on any atom is -0.495 e. The number of benzene rings is 2. The molecule has 1 fully saturated rings. The van der Waals surface area contributed by atoms with Gasteiger partial charge in [0.25, 0.3) is 5.89 Å². The Balaban J connectivity index is 1.16. The third-order valence-electron chi connectivity index (χ3n) is 6.73. The van der Waals surface area contributed by atoms with Crippen LogP contribution in [0, 0.1) is 13.8 Å². The number of piperidine rings is 1. The molecule has 2 aromatic carbocycles. The summed E-state index contributed by atoms with van der Waals surface area (Å²) in [7, 11) is 1.64. The second-order valence-corrected chi connectivity index (χ2v) is 9.70. The Kier molecular flexibility index (Phi) is 7.18. The third kappa shape index (κ3) is 5.21. The van der Waals surface area contributed by atoms with E-state index < -0.39 is 6.10 Å². The monoisotopic (exact) mass is 511 g/mol. The third-order valence-corrected chi connectivity index (χ3v) is 7.02. The van der Waals surface area contributed by atoms with Gasteiger partial charge in [0.2, 0.25) is 5.89 Å². The quantitative estimate of drug-likeness (QED) is 0.337. The lowest BCUT2D eigenvalue weighted by Gasteiger charge is -2.34. The Hall–Kier alpha value is -3.07. The molecule has 0 spiro atoms. The second-order valence-electron chi connectivity index (χ2n) is 9.29. The minimum absolute atomic E-state index is 0.187. The average Bonchev–Trinajstić information content (AvgIpc) is 3.51. The topological polar surface area (TPSA) is 94.0 Å². The summed E-state index contributed by atoms with van der Waals surface area (Å²) in [5.41, 5.74) is 3.14. The van der Waals surface area contributed by atoms with Crippen LogP contribution >= 0.6 is 11.6 Å². The molecule has 1 aliphatic heterocycles. The highest BCUT2D eigenvalue weighted by molar-refractivity contribution is 6.32. The summed E-state index contributed by atoms with van der Waals surface area (Å²) in [5.74, 6) is 3.09. The Morgan fingerprint density at radius 2 is 1.92 bits per heavy atom. The molecule has 0 unspecified atom stereocenters. The van der Waals surface area contributed by atoms with Crippen molar-refractivity contribution in [3.63, 3.8) is 0 Å². The van der Waals surface area contributed by atoms with Crippen LogP contribution in [0.25, 0.3) is 22.6 Å². The van der Waals surface area contributed by atoms with Crippen molar-refractivity contribution in [2.45, 2.75) is 38.7 Å². The molecular weight excluding hydrogens is 482 g/mol. The van der Waals surface area contributed by atoms with E-state index in [1.54, 1.807) is 14.0 Å². The van der Waals surface area contributed by atoms with Crippen LogP contribution in [0.3, 0.4) is 0 Å². The van der Waals surface area contributed by atoms with Crippen molar-refractivity contribution in [2.24, 2.45) is 0 Å². The summed E-state index contributed by atoms with van der Waals surface area (Å²) in [5, 5.41) is 20.0. The van der Waals surface area contributed by atoms with Gasteiger partial charge in [0.05, 0.1) is 17.5 Å². The number of aryl methyl sites for hydroxylation is 2. The first-order valence-corrected chi connectivity index (χ1v) is 12.5. The number of aliphatic hydroxyl groups is 1. The van der Waals surface area contributed by atoms with Gasteiger partial charge in [-0.2, -0.15) is 0 Å². The van der Waals surface area contributed by atoms with E-state index in [2.05, 4.69) is 22.0 Å². The number of nitrogens with zero attached hydrogens (tertiary/aromatic N) is 3. The minimum atomic E-state index is -0.612. The molecule has 36 heavy (non-hydrogen) atoms. The number of ether oxygens (including phenoxy) is 2. The van der Waals surface area contributed by atoms with Crippen molar-refractivity contribution < 1.29 is 23.4 Å². The van der Waals surface area contributed by atoms with Gasteiger partial charge in [-0.05, 0) is 74.2 Å². The Morgan fingerprint density at radius 1 is 1.11 bits per heavy atom. The lowest BCUT2D eigenvalue weighted by atomic mass is 9.86. The zero-order valence-corrected chi connectivity index (χ0v) is 21.4. The van der Waals surface area contributed by atoms with Crippen molar-refractivity contribution in [1.82, 2.24) is 15.1 Å². The molecule has 190 valence electrons. The van der Waals surface area contributed by atoms with Gasteiger partial charge in [0.15, 0.2) is 5.76 Å². The number of aromatic nitrogens is 2. The Bertz CT molecular complexity index is 1340. The van der Waals surface area contributed by atoms with Crippen molar-refractivity contribution in [2.75, 3.05) is 33.4 Å². The molecule has 1 atom stereocenters. The highest BCUT2D eigenvalue weighted by atomic mass is 35.5. The zero-order valence-electron chi connectivity index (χ0n) is 20.7. The number of furan rings is 1. The van der Waals surface area contributed by atoms with Gasteiger partial charge in [-0.25, -0.2) is 0 Å². The number of hydrogen-bond donors (Lipinski definition) is 1. The fourth-order valence-corrected chi connectivity index (χ4v) is 5.14. The van der Waals surface area contributed by atoms with Gasteiger partial charge in [0, 0.05) is 19.5 Å². The first kappa shape index (κ1) is 24.6. The van der Waals surface area contributed by atoms with Crippen LogP contribution in [-0.4, -0.2) is 59.7 Å². The molecule has 9 heteroatoms. The van der Waals surface area contributed by atoms with E-state index in [0.717, 1.165) is 31.3 Å². The van der Waals surface area contributed by atoms with Crippen LogP contribution in [0.2, 0.25) is 5.02 Å². The zero-order chi connectivity index (χ0) is 25.2. The van der Waals surface area contributed by atoms with E-state index in [1.165, 1.54) is 11.1 Å². The first-order valence-electron chi connectivity index (χ1n) is 12.1. The number of β-amino-alcohol motifs (C(OH)–C–C–N with tert-alkyl or cyclic N) is 1. The molecule has 1 saturated heterocycles. The first-order chi connectivity index (χ1) is 17.4. The molecule has 0 radical (unpaired) electrons. The van der Waals surface area contributed by atoms with Crippen LogP contribution in [-0.2, 0) is 0 Å². The summed E-state index contributed by atoms with van der Waals surface area (Å²) < 4.78 is 22.6. The van der Waals surface area contributed by atoms with Gasteiger partial charge in [-0.3, -0.25) is 0 Å². The van der Waals surface area contributed by atoms with Crippen LogP contribution < -0.4 is 9.47 Å². The molecular formula is C27H30ClN3O5. The maximum Gasteiger partial charge on any atom is 0.283 e. The number of aliphatic hydroxyl groups excluding tert-OH is 1. The summed E-state index contributed by atoms with van der Waals surface area (Å²) in [6, 6.07) is 11.4. The van der Waals surface area contributed by atoms with Crippen molar-refractivity contribution in [3.05, 3.63) is 58.4 Å². The second kappa shape index (κ2) is 10.5. The van der Waals surface area contributed by atoms with Gasteiger partial charge in [-0.15, -0.1) is 10.2 Å². The average molecular weight is 512 g/mol. The number of halogens is 1. The van der Waals surface area contributed by atoms with E-state index in [1.807, 2.05) is 36.4 Å². The fraction of sp³-hybridized carbons (Fsp3) is 0.407. The van der Waals surface area contributed by atoms with Crippen LogP contribution in [0.4, 0.5) is 0 Å². The molecule has 0 amide bonds. The highest BCUT2D eigenvalue weighted by Crippen LogP contribution is 2.36. The molecule has 4 aromatic rings. The maximum atomic E-state index is 10.7. The summed E-state index contributed by atoms with van der Waals surface area (Å²) in [6.45, 7) is 6.40. The van der Waals surface area contributed by atoms with Gasteiger partial charge >= 0.3 is 0 Å². The number of methoxy groups -OCH3 is 1. The van der Waals surface area contributed by atoms with Crippen LogP contribution in [0.5, 0.6) is 11.5 Å². The van der Waals surface area contributed by atoms with Crippen molar-refractivity contribution in [3.8, 4) is 23.1 Å². The maximum absolute atomic E-state index is 10.7. The number of rotatable bonds is 8. The summed E-state index contributed by atoms with van der Waals surface area (Å²) in [6.07, 6.45) is 1.42. The molecule has 1 aliphatic rings. The van der Waals surface area contributed by atoms with Crippen LogP contribution in [0.1, 0.15) is 35.8 Å². The lowest BCUT2D eigenvalue weighted by Crippen LogP contribution is -2.40. The molecule has 2 aromatic heterocycles. The highest BCUT2D eigenvalue weighted by Gasteiger charge is 2.24. The lowest BCUT2D eigenvalue weighted by molar-refractivity contribution is 0.0599. The molecule has 8 nitrogen and oxygen atoms in total. The molecule has 5 rings (SSSR count). The van der Waals surface area contributed by atoms with Crippen molar-refractivity contribution in [1.29, 1.82) is 0 Å². The molecule has 0 aliphatic carbocycles. The number of hydrogen-bond acceptors (Lipinski definition) is 8. The standard InChI is InChI=1S/C27H30ClN3O5/c1-16-11-25(33-3)22(28)12-20(16)18-7-9-31(10-8-18)14-19(32)15-34-23-5-4-6-24-21(23)13-26(36-24)27-30-29-17(2)35-27/h4-6,11-13,18-19,32H,7-10,14-15H2,1-3H3/t19-/m0/s1. The Morgan fingerprint density at radius 3 is 2.64 bits per heavy atom. The number of fused-ring (bicyclic) bond motifs is 1. The summed E-state index contributed by atoms with van der Waals surface area (Å²) in [4.78, 5) is 2.29. The van der Waals surface area contributed by atoms with Gasteiger partial charge in [0.1, 0.15) is 29.8 Å². The molecule has 0 bridgehead atoms. The molecule has 1 N–H and O–H groups in total. The molecule has 0 saturated carbocycles. The SMILES string of the molecule is COc1cc(C)c(C2CCN(C[C@H](O)COc3cccc4oc(-c5nnc(C)o5)cc34)CC2)cc1Cl. The molecule has 3 heterocycles.